The first-order valence-corrected chi connectivity index (χ1v) is 14.9. The Labute approximate surface area is 241 Å². The zero-order valence-electron chi connectivity index (χ0n) is 23.7. The van der Waals surface area contributed by atoms with E-state index in [2.05, 4.69) is 5.32 Å². The Morgan fingerprint density at radius 1 is 1.07 bits per heavy atom. The highest BCUT2D eigenvalue weighted by Crippen LogP contribution is 2.37. The van der Waals surface area contributed by atoms with Crippen LogP contribution in [0.15, 0.2) is 72.8 Å². The summed E-state index contributed by atoms with van der Waals surface area (Å²) in [5.41, 5.74) is 2.32. The maximum atomic E-state index is 14.4. The fourth-order valence-electron chi connectivity index (χ4n) is 4.41. The van der Waals surface area contributed by atoms with Gasteiger partial charge in [0, 0.05) is 0 Å². The number of hydrogen-bond donors (Lipinski definition) is 3. The van der Waals surface area contributed by atoms with E-state index in [1.807, 2.05) is 42.5 Å². The summed E-state index contributed by atoms with van der Waals surface area (Å²) < 4.78 is 36.8. The van der Waals surface area contributed by atoms with Gasteiger partial charge in [-0.05, 0) is 78.9 Å². The van der Waals surface area contributed by atoms with E-state index < -0.39 is 33.2 Å². The number of benzene rings is 3. The molecule has 1 heterocycles. The summed E-state index contributed by atoms with van der Waals surface area (Å²) in [5.74, 6) is 7.07. The van der Waals surface area contributed by atoms with Gasteiger partial charge in [-0.1, -0.05) is 48.5 Å². The minimum absolute atomic E-state index is 0.244. The van der Waals surface area contributed by atoms with Crippen molar-refractivity contribution in [1.29, 1.82) is 5.41 Å². The SMILES string of the molecule is COc1cc2c(cc1OCc1ccccc1)CCNC2C[S+](=O)(OC(=O)OC(C)(C)C)C(=N)N(N)c1ccccc1. The van der Waals surface area contributed by atoms with Gasteiger partial charge < -0.3 is 19.5 Å². The Balaban J connectivity index is 1.64. The van der Waals surface area contributed by atoms with Gasteiger partial charge in [-0.25, -0.2) is 16.3 Å². The molecule has 0 amide bonds. The number of nitrogens with zero attached hydrogens (tertiary/aromatic N) is 1. The summed E-state index contributed by atoms with van der Waals surface area (Å²) in [4.78, 5) is 12.7. The number of nitrogens with one attached hydrogen (secondary N) is 2. The number of fused-ring (bicyclic) bond motifs is 1. The van der Waals surface area contributed by atoms with Crippen LogP contribution in [-0.4, -0.2) is 36.3 Å². The summed E-state index contributed by atoms with van der Waals surface area (Å²) in [5, 5.41) is 12.5. The molecule has 0 radical (unpaired) electrons. The number of hydrazine groups is 1. The Bertz CT molecular complexity index is 1410. The van der Waals surface area contributed by atoms with Gasteiger partial charge in [-0.15, -0.1) is 0 Å². The normalized spacial score (nSPS) is 16.1. The Morgan fingerprint density at radius 2 is 1.73 bits per heavy atom. The number of hydrogen-bond acceptors (Lipinski definition) is 9. The van der Waals surface area contributed by atoms with E-state index in [-0.39, 0.29) is 5.75 Å². The van der Waals surface area contributed by atoms with Crippen molar-refractivity contribution in [3.05, 3.63) is 89.5 Å². The number of carbonyl (C=O) groups is 1. The van der Waals surface area contributed by atoms with Crippen LogP contribution in [0.1, 0.15) is 43.5 Å². The van der Waals surface area contributed by atoms with Crippen LogP contribution in [0.2, 0.25) is 0 Å². The minimum Gasteiger partial charge on any atom is -0.493 e. The second-order valence-corrected chi connectivity index (χ2v) is 12.7. The number of amidine groups is 1. The van der Waals surface area contributed by atoms with Crippen molar-refractivity contribution in [3.8, 4) is 11.5 Å². The molecule has 2 unspecified atom stereocenters. The fourth-order valence-corrected chi connectivity index (χ4v) is 6.11. The molecule has 0 bridgehead atoms. The van der Waals surface area contributed by atoms with Gasteiger partial charge in [0.2, 0.25) is 0 Å². The van der Waals surface area contributed by atoms with E-state index in [4.69, 9.17) is 29.6 Å². The summed E-state index contributed by atoms with van der Waals surface area (Å²) in [6, 6.07) is 21.6. The molecule has 4 rings (SSSR count). The van der Waals surface area contributed by atoms with Gasteiger partial charge in [0.1, 0.15) is 12.2 Å². The van der Waals surface area contributed by atoms with Gasteiger partial charge in [0.25, 0.3) is 0 Å². The monoisotopic (exact) mass is 581 g/mol. The molecule has 10 nitrogen and oxygen atoms in total. The summed E-state index contributed by atoms with van der Waals surface area (Å²) in [6.45, 7) is 5.95. The zero-order chi connectivity index (χ0) is 29.6. The number of rotatable bonds is 7. The average molecular weight is 582 g/mol. The number of para-hydroxylation sites is 1. The molecule has 3 aromatic rings. The van der Waals surface area contributed by atoms with Crippen LogP contribution in [0.5, 0.6) is 11.5 Å². The smallest absolute Gasteiger partial charge is 0.493 e. The standard InChI is InChI=1S/C30H37N4O6S/c1-30(2,3)39-29(35)40-41(36,28(31)34(32)23-13-9-6-10-14-23)20-25-24-18-26(37-4)27(17-22(24)15-16-33-25)38-19-21-11-7-5-8-12-21/h5-14,17-18,25,31,33H,15-16,19-20,32H2,1-4H3/q+1. The van der Waals surface area contributed by atoms with Crippen LogP contribution in [-0.2, 0) is 36.4 Å². The lowest BCUT2D eigenvalue weighted by atomic mass is 9.94. The summed E-state index contributed by atoms with van der Waals surface area (Å²) in [6.07, 6.45) is -0.456. The number of anilines is 1. The van der Waals surface area contributed by atoms with Gasteiger partial charge in [0.15, 0.2) is 17.3 Å². The van der Waals surface area contributed by atoms with Crippen molar-refractivity contribution in [1.82, 2.24) is 5.32 Å². The molecular formula is C30H37N4O6S+. The molecule has 4 N–H and O–H groups in total. The van der Waals surface area contributed by atoms with Crippen LogP contribution >= 0.6 is 0 Å². The van der Waals surface area contributed by atoms with E-state index in [0.717, 1.165) is 21.7 Å². The van der Waals surface area contributed by atoms with Crippen LogP contribution in [0, 0.1) is 5.41 Å². The predicted octanol–water partition coefficient (Wildman–Crippen LogP) is 5.14. The third-order valence-electron chi connectivity index (χ3n) is 6.35. The Hall–Kier alpha value is -3.93. The molecule has 3 aromatic carbocycles. The van der Waals surface area contributed by atoms with Crippen LogP contribution < -0.4 is 25.6 Å². The maximum Gasteiger partial charge on any atom is 0.556 e. The number of carbonyl (C=O) groups excluding carboxylic acids is 1. The van der Waals surface area contributed by atoms with Crippen molar-refractivity contribution >= 4 is 27.2 Å². The Morgan fingerprint density at radius 3 is 2.37 bits per heavy atom. The average Bonchev–Trinajstić information content (AvgIpc) is 2.94. The Kier molecular flexibility index (Phi) is 9.31. The number of ether oxygens (including phenoxy) is 3. The molecule has 0 aliphatic carbocycles. The van der Waals surface area contributed by atoms with E-state index in [9.17, 15) is 9.00 Å². The van der Waals surface area contributed by atoms with Crippen LogP contribution in [0.4, 0.5) is 10.5 Å². The van der Waals surface area contributed by atoms with E-state index in [1.165, 1.54) is 0 Å². The molecule has 1 aliphatic heterocycles. The molecule has 0 fully saturated rings. The number of nitrogens with two attached hydrogens (primary N) is 1. The van der Waals surface area contributed by atoms with Gasteiger partial charge in [-0.2, -0.15) is 8.98 Å². The first-order valence-electron chi connectivity index (χ1n) is 13.2. The highest BCUT2D eigenvalue weighted by Gasteiger charge is 2.49. The molecular weight excluding hydrogens is 544 g/mol. The first-order chi connectivity index (χ1) is 19.5. The zero-order valence-corrected chi connectivity index (χ0v) is 24.5. The number of methoxy groups -OCH3 is 1. The molecule has 41 heavy (non-hydrogen) atoms. The lowest BCUT2D eigenvalue weighted by Crippen LogP contribution is -2.50. The van der Waals surface area contributed by atoms with Gasteiger partial charge >= 0.3 is 21.5 Å². The third kappa shape index (κ3) is 7.63. The topological polar surface area (TPSA) is 136 Å². The highest BCUT2D eigenvalue weighted by atomic mass is 32.3. The molecule has 0 spiro atoms. The quantitative estimate of drug-likeness (QED) is 0.0865. The maximum absolute atomic E-state index is 14.4. The lowest BCUT2D eigenvalue weighted by Gasteiger charge is -2.29. The molecule has 2 atom stereocenters. The largest absolute Gasteiger partial charge is 0.556 e. The molecule has 11 heteroatoms. The van der Waals surface area contributed by atoms with E-state index in [1.54, 1.807) is 58.2 Å². The predicted molar refractivity (Wildman–Crippen MR) is 159 cm³/mol. The van der Waals surface area contributed by atoms with Crippen molar-refractivity contribution in [2.75, 3.05) is 24.4 Å². The van der Waals surface area contributed by atoms with Crippen LogP contribution in [0.25, 0.3) is 0 Å². The molecule has 0 saturated carbocycles. The second kappa shape index (κ2) is 12.7. The third-order valence-corrected chi connectivity index (χ3v) is 8.31. The first kappa shape index (κ1) is 30.0. The second-order valence-electron chi connectivity index (χ2n) is 10.6. The molecule has 1 aliphatic rings. The highest BCUT2D eigenvalue weighted by molar-refractivity contribution is 8.13. The fraction of sp³-hybridized carbons (Fsp3) is 0.333. The van der Waals surface area contributed by atoms with Crippen molar-refractivity contribution < 1.29 is 27.4 Å². The van der Waals surface area contributed by atoms with Crippen molar-refractivity contribution in [2.45, 2.75) is 45.4 Å². The lowest BCUT2D eigenvalue weighted by molar-refractivity contribution is 0.0229. The van der Waals surface area contributed by atoms with Gasteiger partial charge in [0.05, 0.1) is 18.8 Å². The molecule has 218 valence electrons. The summed E-state index contributed by atoms with van der Waals surface area (Å²) in [7, 11) is -2.28. The van der Waals surface area contributed by atoms with Crippen LogP contribution in [0.3, 0.4) is 0 Å². The van der Waals surface area contributed by atoms with E-state index in [0.29, 0.717) is 36.8 Å². The minimum atomic E-state index is -3.83. The van der Waals surface area contributed by atoms with Crippen molar-refractivity contribution in [3.63, 3.8) is 0 Å². The van der Waals surface area contributed by atoms with E-state index >= 15 is 0 Å². The van der Waals surface area contributed by atoms with Crippen molar-refractivity contribution in [2.24, 2.45) is 5.84 Å². The summed E-state index contributed by atoms with van der Waals surface area (Å²) >= 11 is 0. The molecule has 0 aromatic heterocycles. The van der Waals surface area contributed by atoms with Gasteiger partial charge in [-0.3, -0.25) is 0 Å². The molecule has 0 saturated heterocycles.